The van der Waals surface area contributed by atoms with Crippen molar-refractivity contribution in [3.8, 4) is 0 Å². The van der Waals surface area contributed by atoms with Gasteiger partial charge in [-0.3, -0.25) is 10.1 Å². The van der Waals surface area contributed by atoms with Gasteiger partial charge in [0.1, 0.15) is 0 Å². The van der Waals surface area contributed by atoms with Crippen molar-refractivity contribution >= 4 is 27.0 Å². The maximum atomic E-state index is 11.3. The fraction of sp³-hybridized carbons (Fsp3) is 0.100. The molecule has 0 atom stereocenters. The second-order valence-corrected chi connectivity index (χ2v) is 5.50. The van der Waals surface area contributed by atoms with E-state index in [0.717, 1.165) is 6.26 Å². The third-order valence-corrected chi connectivity index (χ3v) is 3.40. The molecule has 0 saturated carbocycles. The van der Waals surface area contributed by atoms with Crippen molar-refractivity contribution in [3.05, 3.63) is 30.0 Å². The minimum atomic E-state index is -3.26. The molecule has 0 fully saturated rings. The number of hydrogen-bond donors (Lipinski definition) is 1. The van der Waals surface area contributed by atoms with Crippen LogP contribution in [0.5, 0.6) is 0 Å². The number of sulfone groups is 1. The van der Waals surface area contributed by atoms with E-state index in [2.05, 4.69) is 5.32 Å². The fourth-order valence-corrected chi connectivity index (χ4v) is 2.12. The lowest BCUT2D eigenvalue weighted by atomic mass is 10.1. The molecule has 1 radical (unpaired) electrons. The van der Waals surface area contributed by atoms with Crippen LogP contribution in [0.15, 0.2) is 29.3 Å². The van der Waals surface area contributed by atoms with E-state index in [4.69, 9.17) is 5.73 Å². The number of carbonyl (C=O) groups is 1. The van der Waals surface area contributed by atoms with Gasteiger partial charge in [-0.15, -0.1) is 0 Å². The zero-order chi connectivity index (χ0) is 11.9. The highest BCUT2D eigenvalue weighted by Gasteiger charge is 2.21. The molecule has 0 spiro atoms. The molecule has 1 aliphatic rings. The smallest absolute Gasteiger partial charge is 0.250 e. The van der Waals surface area contributed by atoms with Gasteiger partial charge in [-0.05, 0) is 12.1 Å². The number of benzene rings is 1. The Labute approximate surface area is 92.9 Å². The summed E-state index contributed by atoms with van der Waals surface area (Å²) in [6, 6.07) is 4.40. The molecule has 2 rings (SSSR count). The molecule has 83 valence electrons. The van der Waals surface area contributed by atoms with E-state index in [1.54, 1.807) is 6.07 Å². The average Bonchev–Trinajstić information content (AvgIpc) is 2.58. The van der Waals surface area contributed by atoms with Crippen molar-refractivity contribution in [2.75, 3.05) is 6.26 Å². The molecule has 1 aromatic rings. The lowest BCUT2D eigenvalue weighted by Crippen LogP contribution is -2.11. The summed E-state index contributed by atoms with van der Waals surface area (Å²) in [6.45, 7) is 0. The Morgan fingerprint density at radius 1 is 1.38 bits per heavy atom. The monoisotopic (exact) mass is 237 g/mol. The first-order valence-corrected chi connectivity index (χ1v) is 6.34. The van der Waals surface area contributed by atoms with E-state index in [9.17, 15) is 13.2 Å². The number of nitrogens with zero attached hydrogens (tertiary/aromatic N) is 1. The van der Waals surface area contributed by atoms with Crippen molar-refractivity contribution in [1.29, 1.82) is 0 Å². The minimum absolute atomic E-state index is 0.175. The Bertz CT molecular complexity index is 602. The van der Waals surface area contributed by atoms with Crippen molar-refractivity contribution in [2.45, 2.75) is 4.90 Å². The first-order chi connectivity index (χ1) is 7.39. The molecule has 0 aromatic heterocycles. The molecule has 5 nitrogen and oxygen atoms in total. The molecule has 1 aliphatic heterocycles. The van der Waals surface area contributed by atoms with Gasteiger partial charge in [-0.25, -0.2) is 8.42 Å². The van der Waals surface area contributed by atoms with Crippen LogP contribution in [-0.4, -0.2) is 20.6 Å². The predicted octanol–water partition coefficient (Wildman–Crippen LogP) is 0.166. The van der Waals surface area contributed by atoms with Gasteiger partial charge >= 0.3 is 0 Å². The molecule has 16 heavy (non-hydrogen) atoms. The fourth-order valence-electron chi connectivity index (χ4n) is 1.48. The van der Waals surface area contributed by atoms with Gasteiger partial charge in [0.25, 0.3) is 5.91 Å². The lowest BCUT2D eigenvalue weighted by Gasteiger charge is -2.03. The van der Waals surface area contributed by atoms with E-state index in [-0.39, 0.29) is 4.90 Å². The summed E-state index contributed by atoms with van der Waals surface area (Å²) < 4.78 is 22.6. The van der Waals surface area contributed by atoms with Gasteiger partial charge in [0.15, 0.2) is 9.84 Å². The van der Waals surface area contributed by atoms with Gasteiger partial charge in [-0.1, -0.05) is 6.07 Å². The zero-order valence-corrected chi connectivity index (χ0v) is 9.28. The lowest BCUT2D eigenvalue weighted by molar-refractivity contribution is -0.112. The number of primary amides is 1. The van der Waals surface area contributed by atoms with Crippen LogP contribution in [0.25, 0.3) is 5.57 Å². The second-order valence-electron chi connectivity index (χ2n) is 3.49. The number of rotatable bonds is 2. The summed E-state index contributed by atoms with van der Waals surface area (Å²) >= 11 is 0. The van der Waals surface area contributed by atoms with Gasteiger partial charge in [0.2, 0.25) is 0 Å². The van der Waals surface area contributed by atoms with Gasteiger partial charge < -0.3 is 5.73 Å². The molecule has 0 bridgehead atoms. The summed E-state index contributed by atoms with van der Waals surface area (Å²) in [5, 5.41) is 3.95. The summed E-state index contributed by atoms with van der Waals surface area (Å²) in [5.74, 6) is -0.574. The first-order valence-electron chi connectivity index (χ1n) is 4.45. The zero-order valence-electron chi connectivity index (χ0n) is 8.47. The molecule has 1 aromatic carbocycles. The third kappa shape index (κ3) is 1.67. The highest BCUT2D eigenvalue weighted by Crippen LogP contribution is 2.31. The molecule has 0 unspecified atom stereocenters. The minimum Gasteiger partial charge on any atom is -0.366 e. The SMILES string of the molecule is CS(=O)(=O)c1ccc2c(c1)[N]C=C2C(N)=O. The quantitative estimate of drug-likeness (QED) is 0.794. The first kappa shape index (κ1) is 10.7. The summed E-state index contributed by atoms with van der Waals surface area (Å²) in [4.78, 5) is 11.2. The van der Waals surface area contributed by atoms with Crippen molar-refractivity contribution in [3.63, 3.8) is 0 Å². The summed E-state index contributed by atoms with van der Waals surface area (Å²) in [7, 11) is -3.26. The standard InChI is InChI=1S/C10H9N2O3S/c1-16(14,15)6-2-3-7-8(10(11)13)5-12-9(7)4-6/h2-5H,1H3,(H2,11,13). The van der Waals surface area contributed by atoms with Crippen LogP contribution < -0.4 is 11.1 Å². The topological polar surface area (TPSA) is 91.3 Å². The van der Waals surface area contributed by atoms with Gasteiger partial charge in [-0.2, -0.15) is 0 Å². The molecule has 2 N–H and O–H groups in total. The maximum Gasteiger partial charge on any atom is 0.250 e. The van der Waals surface area contributed by atoms with E-state index in [1.165, 1.54) is 18.3 Å². The van der Waals surface area contributed by atoms with Crippen LogP contribution in [0.1, 0.15) is 5.56 Å². The van der Waals surface area contributed by atoms with Crippen LogP contribution in [0.2, 0.25) is 0 Å². The molecule has 6 heteroatoms. The number of carbonyl (C=O) groups excluding carboxylic acids is 1. The van der Waals surface area contributed by atoms with E-state index in [0.29, 0.717) is 16.8 Å². The van der Waals surface area contributed by atoms with E-state index < -0.39 is 15.7 Å². The van der Waals surface area contributed by atoms with Crippen molar-refractivity contribution in [2.24, 2.45) is 5.73 Å². The Balaban J connectivity index is 2.52. The largest absolute Gasteiger partial charge is 0.366 e. The van der Waals surface area contributed by atoms with Crippen molar-refractivity contribution < 1.29 is 13.2 Å². The number of nitrogens with two attached hydrogens (primary N) is 1. The number of amides is 1. The van der Waals surface area contributed by atoms with Crippen molar-refractivity contribution in [1.82, 2.24) is 5.32 Å². The number of hydrogen-bond acceptors (Lipinski definition) is 3. The van der Waals surface area contributed by atoms with Crippen LogP contribution in [0, 0.1) is 0 Å². The van der Waals surface area contributed by atoms with E-state index >= 15 is 0 Å². The van der Waals surface area contributed by atoms with Crippen LogP contribution in [0.3, 0.4) is 0 Å². The van der Waals surface area contributed by atoms with Gasteiger partial charge in [0, 0.05) is 18.0 Å². The van der Waals surface area contributed by atoms with E-state index in [1.807, 2.05) is 0 Å². The highest BCUT2D eigenvalue weighted by atomic mass is 32.2. The van der Waals surface area contributed by atoms with Gasteiger partial charge in [0.05, 0.1) is 16.2 Å². The summed E-state index contributed by atoms with van der Waals surface area (Å²) in [5.41, 5.74) is 6.48. The van der Waals surface area contributed by atoms with Crippen LogP contribution >= 0.6 is 0 Å². The Kier molecular flexibility index (Phi) is 2.23. The molecule has 0 saturated heterocycles. The summed E-state index contributed by atoms with van der Waals surface area (Å²) in [6.07, 6.45) is 2.46. The third-order valence-electron chi connectivity index (χ3n) is 2.29. The Morgan fingerprint density at radius 2 is 2.06 bits per heavy atom. The Morgan fingerprint density at radius 3 is 2.62 bits per heavy atom. The van der Waals surface area contributed by atoms with Crippen LogP contribution in [-0.2, 0) is 14.6 Å². The average molecular weight is 237 g/mol. The Hall–Kier alpha value is -1.82. The van der Waals surface area contributed by atoms with Crippen LogP contribution in [0.4, 0.5) is 5.69 Å². The number of fused-ring (bicyclic) bond motifs is 1. The molecule has 0 aliphatic carbocycles. The second kappa shape index (κ2) is 3.34. The maximum absolute atomic E-state index is 11.3. The molecular weight excluding hydrogens is 228 g/mol. The molecule has 1 amide bonds. The molecule has 1 heterocycles. The molecular formula is C10H9N2O3S. The highest BCUT2D eigenvalue weighted by molar-refractivity contribution is 7.90. The normalized spacial score (nSPS) is 13.9. The predicted molar refractivity (Wildman–Crippen MR) is 58.5 cm³/mol.